The summed E-state index contributed by atoms with van der Waals surface area (Å²) in [5, 5.41) is 16.5. The average Bonchev–Trinajstić information content (AvgIpc) is 3.05. The Balaban J connectivity index is 1.87. The highest BCUT2D eigenvalue weighted by atomic mass is 32.1. The smallest absolute Gasteiger partial charge is 0.247 e. The maximum Gasteiger partial charge on any atom is 0.247 e. The highest BCUT2D eigenvalue weighted by Crippen LogP contribution is 2.29. The summed E-state index contributed by atoms with van der Waals surface area (Å²) in [6.45, 7) is 0. The van der Waals surface area contributed by atoms with Crippen molar-refractivity contribution in [1.29, 1.82) is 5.26 Å². The molecule has 0 N–H and O–H groups in total. The monoisotopic (exact) mass is 294 g/mol. The van der Waals surface area contributed by atoms with Crippen LogP contribution in [0.1, 0.15) is 22.3 Å². The van der Waals surface area contributed by atoms with E-state index in [0.717, 1.165) is 11.1 Å². The minimum Gasteiger partial charge on any atom is -0.419 e. The van der Waals surface area contributed by atoms with Crippen LogP contribution in [0.4, 0.5) is 0 Å². The number of rotatable bonds is 3. The van der Waals surface area contributed by atoms with Gasteiger partial charge in [-0.05, 0) is 29.8 Å². The van der Waals surface area contributed by atoms with Gasteiger partial charge in [0.15, 0.2) is 0 Å². The molecule has 21 heavy (non-hydrogen) atoms. The van der Waals surface area contributed by atoms with Crippen LogP contribution in [-0.2, 0) is 0 Å². The van der Waals surface area contributed by atoms with E-state index in [1.165, 1.54) is 0 Å². The molecule has 3 rings (SSSR count). The zero-order valence-corrected chi connectivity index (χ0v) is 11.7. The summed E-state index contributed by atoms with van der Waals surface area (Å²) in [4.78, 5) is 3.95. The number of pyridine rings is 1. The second-order valence-electron chi connectivity index (χ2n) is 4.32. The third kappa shape index (κ3) is 2.78. The zero-order chi connectivity index (χ0) is 14.7. The fourth-order valence-electron chi connectivity index (χ4n) is 1.84. The van der Waals surface area contributed by atoms with E-state index in [1.807, 2.05) is 12.1 Å². The highest BCUT2D eigenvalue weighted by molar-refractivity contribution is 7.80. The van der Waals surface area contributed by atoms with Gasteiger partial charge in [0.25, 0.3) is 0 Å². The van der Waals surface area contributed by atoms with E-state index in [1.54, 1.807) is 36.7 Å². The molecular formula is C15H10N4OS. The third-order valence-electron chi connectivity index (χ3n) is 2.96. The molecule has 5 nitrogen and oxygen atoms in total. The van der Waals surface area contributed by atoms with Crippen molar-refractivity contribution in [3.63, 3.8) is 0 Å². The van der Waals surface area contributed by atoms with Gasteiger partial charge in [0.1, 0.15) is 5.25 Å². The van der Waals surface area contributed by atoms with Crippen LogP contribution in [-0.4, -0.2) is 15.2 Å². The first kappa shape index (κ1) is 13.3. The first-order chi connectivity index (χ1) is 10.3. The Hall–Kier alpha value is -2.65. The summed E-state index contributed by atoms with van der Waals surface area (Å²) < 4.78 is 5.65. The van der Waals surface area contributed by atoms with Crippen LogP contribution in [0.2, 0.25) is 0 Å². The van der Waals surface area contributed by atoms with Gasteiger partial charge in [-0.25, -0.2) is 0 Å². The first-order valence-electron chi connectivity index (χ1n) is 6.20. The first-order valence-corrected chi connectivity index (χ1v) is 6.71. The average molecular weight is 294 g/mol. The number of hydrogen-bond donors (Lipinski definition) is 1. The summed E-state index contributed by atoms with van der Waals surface area (Å²) >= 11 is 4.51. The largest absolute Gasteiger partial charge is 0.419 e. The molecule has 1 unspecified atom stereocenters. The molecule has 2 heterocycles. The summed E-state index contributed by atoms with van der Waals surface area (Å²) in [7, 11) is 0. The van der Waals surface area contributed by atoms with Gasteiger partial charge < -0.3 is 4.42 Å². The summed E-state index contributed by atoms with van der Waals surface area (Å²) in [5.74, 6) is 0.843. The fourth-order valence-corrected chi connectivity index (χ4v) is 2.12. The van der Waals surface area contributed by atoms with Gasteiger partial charge >= 0.3 is 0 Å². The Bertz CT molecular complexity index is 777. The van der Waals surface area contributed by atoms with Crippen molar-refractivity contribution in [2.24, 2.45) is 0 Å². The Labute approximate surface area is 126 Å². The number of nitriles is 1. The second kappa shape index (κ2) is 5.77. The van der Waals surface area contributed by atoms with Gasteiger partial charge in [-0.2, -0.15) is 17.9 Å². The molecule has 102 valence electrons. The molecular weight excluding hydrogens is 284 g/mol. The van der Waals surface area contributed by atoms with E-state index < -0.39 is 0 Å². The molecule has 0 bridgehead atoms. The molecule has 1 atom stereocenters. The molecule has 0 radical (unpaired) electrons. The van der Waals surface area contributed by atoms with Crippen molar-refractivity contribution in [3.05, 3.63) is 65.8 Å². The van der Waals surface area contributed by atoms with Crippen molar-refractivity contribution in [2.45, 2.75) is 5.25 Å². The lowest BCUT2D eigenvalue weighted by atomic mass is 10.1. The van der Waals surface area contributed by atoms with Gasteiger partial charge in [-0.1, -0.05) is 12.1 Å². The Morgan fingerprint density at radius 1 is 1.05 bits per heavy atom. The number of thiol groups is 1. The molecule has 3 aromatic rings. The molecule has 0 aliphatic carbocycles. The summed E-state index contributed by atoms with van der Waals surface area (Å²) in [6.07, 6.45) is 3.33. The third-order valence-corrected chi connectivity index (χ3v) is 3.48. The van der Waals surface area contributed by atoms with Crippen molar-refractivity contribution < 1.29 is 4.42 Å². The van der Waals surface area contributed by atoms with Crippen LogP contribution >= 0.6 is 12.6 Å². The van der Waals surface area contributed by atoms with E-state index in [2.05, 4.69) is 33.9 Å². The van der Waals surface area contributed by atoms with Crippen LogP contribution in [0.15, 0.2) is 53.2 Å². The van der Waals surface area contributed by atoms with Crippen LogP contribution in [0.5, 0.6) is 0 Å². The van der Waals surface area contributed by atoms with Gasteiger partial charge in [0, 0.05) is 18.0 Å². The van der Waals surface area contributed by atoms with Crippen molar-refractivity contribution >= 4 is 12.6 Å². The van der Waals surface area contributed by atoms with Gasteiger partial charge in [-0.3, -0.25) is 4.98 Å². The molecule has 1 aromatic carbocycles. The zero-order valence-electron chi connectivity index (χ0n) is 10.8. The number of nitrogens with zero attached hydrogens (tertiary/aromatic N) is 4. The quantitative estimate of drug-likeness (QED) is 0.751. The maximum absolute atomic E-state index is 8.80. The normalized spacial score (nSPS) is 11.8. The van der Waals surface area contributed by atoms with Crippen LogP contribution in [0, 0.1) is 11.3 Å². The number of hydrogen-bond acceptors (Lipinski definition) is 6. The van der Waals surface area contributed by atoms with E-state index in [9.17, 15) is 0 Å². The lowest BCUT2D eigenvalue weighted by Gasteiger charge is -2.05. The van der Waals surface area contributed by atoms with Gasteiger partial charge in [-0.15, -0.1) is 10.2 Å². The molecule has 0 amide bonds. The standard InChI is InChI=1S/C15H10N4OS/c16-9-10-1-3-11(4-2-10)13(21)15-19-18-14(20-15)12-5-7-17-8-6-12/h1-8,13,21H. The van der Waals surface area contributed by atoms with Gasteiger partial charge in [0.05, 0.1) is 11.6 Å². The van der Waals surface area contributed by atoms with Gasteiger partial charge in [0.2, 0.25) is 11.8 Å². The van der Waals surface area contributed by atoms with Crippen LogP contribution in [0.25, 0.3) is 11.5 Å². The lowest BCUT2D eigenvalue weighted by molar-refractivity contribution is 0.515. The van der Waals surface area contributed by atoms with Crippen molar-refractivity contribution in [3.8, 4) is 17.5 Å². The predicted molar refractivity (Wildman–Crippen MR) is 79.5 cm³/mol. The van der Waals surface area contributed by atoms with E-state index in [-0.39, 0.29) is 5.25 Å². The van der Waals surface area contributed by atoms with E-state index in [4.69, 9.17) is 9.68 Å². The molecule has 6 heteroatoms. The Morgan fingerprint density at radius 2 is 1.76 bits per heavy atom. The number of benzene rings is 1. The van der Waals surface area contributed by atoms with Crippen molar-refractivity contribution in [2.75, 3.05) is 0 Å². The molecule has 0 saturated heterocycles. The highest BCUT2D eigenvalue weighted by Gasteiger charge is 2.17. The number of aromatic nitrogens is 3. The molecule has 0 spiro atoms. The Kier molecular flexibility index (Phi) is 3.67. The van der Waals surface area contributed by atoms with Crippen LogP contribution in [0.3, 0.4) is 0 Å². The minimum atomic E-state index is -0.333. The molecule has 0 aliphatic rings. The van der Waals surface area contributed by atoms with E-state index in [0.29, 0.717) is 17.3 Å². The fraction of sp³-hybridized carbons (Fsp3) is 0.0667. The Morgan fingerprint density at radius 3 is 2.43 bits per heavy atom. The minimum absolute atomic E-state index is 0.333. The summed E-state index contributed by atoms with van der Waals surface area (Å²) in [5.41, 5.74) is 2.30. The topological polar surface area (TPSA) is 75.6 Å². The summed E-state index contributed by atoms with van der Waals surface area (Å²) in [6, 6.07) is 12.8. The maximum atomic E-state index is 8.80. The second-order valence-corrected chi connectivity index (χ2v) is 4.83. The predicted octanol–water partition coefficient (Wildman–Crippen LogP) is 3.02. The molecule has 2 aromatic heterocycles. The molecule has 0 saturated carbocycles. The molecule has 0 aliphatic heterocycles. The molecule has 0 fully saturated rings. The van der Waals surface area contributed by atoms with Crippen LogP contribution < -0.4 is 0 Å². The lowest BCUT2D eigenvalue weighted by Crippen LogP contribution is -1.93. The van der Waals surface area contributed by atoms with E-state index >= 15 is 0 Å². The van der Waals surface area contributed by atoms with Crippen molar-refractivity contribution in [1.82, 2.24) is 15.2 Å². The SMILES string of the molecule is N#Cc1ccc(C(S)c2nnc(-c3ccncc3)o2)cc1.